The van der Waals surface area contributed by atoms with Gasteiger partial charge in [-0.3, -0.25) is 4.79 Å². The van der Waals surface area contributed by atoms with Gasteiger partial charge in [0.05, 0.1) is 18.3 Å². The molecule has 96 valence electrons. The van der Waals surface area contributed by atoms with E-state index in [0.29, 0.717) is 22.9 Å². The lowest BCUT2D eigenvalue weighted by Gasteiger charge is -2.11. The van der Waals surface area contributed by atoms with Crippen molar-refractivity contribution in [3.8, 4) is 0 Å². The van der Waals surface area contributed by atoms with Crippen LogP contribution < -0.4 is 11.3 Å². The fourth-order valence-electron chi connectivity index (χ4n) is 2.58. The smallest absolute Gasteiger partial charge is 0.262 e. The van der Waals surface area contributed by atoms with Gasteiger partial charge in [-0.1, -0.05) is 12.8 Å². The lowest BCUT2D eigenvalue weighted by Crippen LogP contribution is -2.18. The van der Waals surface area contributed by atoms with Gasteiger partial charge in [-0.25, -0.2) is 9.67 Å². The van der Waals surface area contributed by atoms with Crippen molar-refractivity contribution in [1.82, 2.24) is 19.7 Å². The van der Waals surface area contributed by atoms with Crippen molar-refractivity contribution >= 4 is 11.0 Å². The van der Waals surface area contributed by atoms with Gasteiger partial charge in [-0.05, 0) is 19.8 Å². The molecule has 0 amide bonds. The predicted octanol–water partition coefficient (Wildman–Crippen LogP) is 1.25. The molecule has 2 aromatic rings. The van der Waals surface area contributed by atoms with Crippen molar-refractivity contribution in [3.05, 3.63) is 22.4 Å². The molecule has 6 heteroatoms. The maximum Gasteiger partial charge on any atom is 0.262 e. The number of aromatic nitrogens is 4. The molecule has 1 atom stereocenters. The Hall–Kier alpha value is -1.69. The molecule has 6 nitrogen and oxygen atoms in total. The minimum atomic E-state index is -0.283. The summed E-state index contributed by atoms with van der Waals surface area (Å²) in [5.74, 6) is 0.521. The third-order valence-corrected chi connectivity index (χ3v) is 3.58. The van der Waals surface area contributed by atoms with E-state index in [1.807, 2.05) is 4.68 Å². The van der Waals surface area contributed by atoms with Crippen LogP contribution in [0.15, 0.2) is 11.0 Å². The first kappa shape index (κ1) is 11.4. The van der Waals surface area contributed by atoms with Gasteiger partial charge in [0.15, 0.2) is 5.65 Å². The van der Waals surface area contributed by atoms with Gasteiger partial charge in [0, 0.05) is 0 Å². The predicted molar refractivity (Wildman–Crippen MR) is 68.3 cm³/mol. The SMILES string of the molecule is C[C@@H](N)c1nc2c(cnn2C2CCCC2)c(=O)[nH]1. The lowest BCUT2D eigenvalue weighted by molar-refractivity contribution is 0.477. The highest BCUT2D eigenvalue weighted by atomic mass is 16.1. The van der Waals surface area contributed by atoms with Crippen LogP contribution in [-0.2, 0) is 0 Å². The molecule has 2 aromatic heterocycles. The number of H-pyrrole nitrogens is 1. The van der Waals surface area contributed by atoms with Crippen LogP contribution in [0.1, 0.15) is 50.5 Å². The Balaban J connectivity index is 2.18. The highest BCUT2D eigenvalue weighted by molar-refractivity contribution is 5.73. The molecule has 0 saturated heterocycles. The molecule has 0 radical (unpaired) electrons. The van der Waals surface area contributed by atoms with E-state index in [1.165, 1.54) is 12.8 Å². The van der Waals surface area contributed by atoms with Crippen molar-refractivity contribution in [1.29, 1.82) is 0 Å². The average molecular weight is 247 g/mol. The molecule has 1 saturated carbocycles. The molecule has 18 heavy (non-hydrogen) atoms. The monoisotopic (exact) mass is 247 g/mol. The van der Waals surface area contributed by atoms with Crippen molar-refractivity contribution in [2.75, 3.05) is 0 Å². The second-order valence-corrected chi connectivity index (χ2v) is 5.00. The van der Waals surface area contributed by atoms with Crippen LogP contribution in [0.2, 0.25) is 0 Å². The zero-order chi connectivity index (χ0) is 12.7. The number of hydrogen-bond acceptors (Lipinski definition) is 4. The first-order valence-corrected chi connectivity index (χ1v) is 6.40. The Morgan fingerprint density at radius 2 is 2.22 bits per heavy atom. The van der Waals surface area contributed by atoms with E-state index in [0.717, 1.165) is 12.8 Å². The number of hydrogen-bond donors (Lipinski definition) is 2. The number of nitrogens with one attached hydrogen (secondary N) is 1. The van der Waals surface area contributed by atoms with Crippen molar-refractivity contribution in [3.63, 3.8) is 0 Å². The fourth-order valence-corrected chi connectivity index (χ4v) is 2.58. The van der Waals surface area contributed by atoms with E-state index in [-0.39, 0.29) is 11.6 Å². The molecule has 3 N–H and O–H groups in total. The summed E-state index contributed by atoms with van der Waals surface area (Å²) in [6, 6.07) is 0.0896. The molecule has 1 aliphatic rings. The largest absolute Gasteiger partial charge is 0.322 e. The van der Waals surface area contributed by atoms with Crippen LogP contribution in [0.5, 0.6) is 0 Å². The Morgan fingerprint density at radius 3 is 2.89 bits per heavy atom. The molecular weight excluding hydrogens is 230 g/mol. The van der Waals surface area contributed by atoms with Crippen LogP contribution in [-0.4, -0.2) is 19.7 Å². The minimum Gasteiger partial charge on any atom is -0.322 e. The first-order valence-electron chi connectivity index (χ1n) is 6.40. The molecule has 0 aliphatic heterocycles. The van der Waals surface area contributed by atoms with Gasteiger partial charge in [-0.15, -0.1) is 0 Å². The van der Waals surface area contributed by atoms with Crippen molar-refractivity contribution < 1.29 is 0 Å². The van der Waals surface area contributed by atoms with Crippen LogP contribution in [0, 0.1) is 0 Å². The van der Waals surface area contributed by atoms with E-state index >= 15 is 0 Å². The number of aromatic amines is 1. The summed E-state index contributed by atoms with van der Waals surface area (Å²) in [6.07, 6.45) is 6.26. The van der Waals surface area contributed by atoms with Gasteiger partial charge >= 0.3 is 0 Å². The third kappa shape index (κ3) is 1.73. The zero-order valence-corrected chi connectivity index (χ0v) is 10.4. The molecule has 2 heterocycles. The number of rotatable bonds is 2. The Kier molecular flexibility index (Phi) is 2.66. The summed E-state index contributed by atoms with van der Waals surface area (Å²) < 4.78 is 1.89. The van der Waals surface area contributed by atoms with E-state index in [4.69, 9.17) is 5.73 Å². The Bertz CT molecular complexity index is 621. The standard InChI is InChI=1S/C12H17N5O/c1-7(13)10-15-11-9(12(18)16-10)6-14-17(11)8-4-2-3-5-8/h6-8H,2-5,13H2,1H3,(H,15,16,18)/t7-/m1/s1. The summed E-state index contributed by atoms with van der Waals surface area (Å²) in [5, 5.41) is 4.88. The molecular formula is C12H17N5O. The maximum atomic E-state index is 11.9. The first-order chi connectivity index (χ1) is 8.66. The molecule has 0 unspecified atom stereocenters. The maximum absolute atomic E-state index is 11.9. The third-order valence-electron chi connectivity index (χ3n) is 3.58. The average Bonchev–Trinajstić information content (AvgIpc) is 2.96. The lowest BCUT2D eigenvalue weighted by atomic mass is 10.2. The topological polar surface area (TPSA) is 89.6 Å². The summed E-state index contributed by atoms with van der Waals surface area (Å²) in [6.45, 7) is 1.81. The minimum absolute atomic E-state index is 0.156. The highest BCUT2D eigenvalue weighted by Gasteiger charge is 2.21. The van der Waals surface area contributed by atoms with E-state index in [9.17, 15) is 4.79 Å². The summed E-state index contributed by atoms with van der Waals surface area (Å²) in [7, 11) is 0. The van der Waals surface area contributed by atoms with Crippen molar-refractivity contribution in [2.24, 2.45) is 5.73 Å². The Labute approximate surface area is 104 Å². The summed E-state index contributed by atoms with van der Waals surface area (Å²) in [5.41, 5.74) is 6.29. The van der Waals surface area contributed by atoms with Gasteiger partial charge in [-0.2, -0.15) is 5.10 Å². The van der Waals surface area contributed by atoms with Crippen LogP contribution >= 0.6 is 0 Å². The van der Waals surface area contributed by atoms with Gasteiger partial charge in [0.25, 0.3) is 5.56 Å². The van der Waals surface area contributed by atoms with E-state index in [2.05, 4.69) is 15.1 Å². The molecule has 0 bridgehead atoms. The van der Waals surface area contributed by atoms with Crippen molar-refractivity contribution in [2.45, 2.75) is 44.7 Å². The van der Waals surface area contributed by atoms with Gasteiger partial charge < -0.3 is 10.7 Å². The van der Waals surface area contributed by atoms with E-state index in [1.54, 1.807) is 13.1 Å². The number of nitrogens with two attached hydrogens (primary N) is 1. The van der Waals surface area contributed by atoms with Crippen LogP contribution in [0.3, 0.4) is 0 Å². The molecule has 1 aliphatic carbocycles. The molecule has 1 fully saturated rings. The molecule has 3 rings (SSSR count). The molecule has 0 aromatic carbocycles. The number of fused-ring (bicyclic) bond motifs is 1. The van der Waals surface area contributed by atoms with Gasteiger partial charge in [0.1, 0.15) is 11.2 Å². The number of nitrogens with zero attached hydrogens (tertiary/aromatic N) is 3. The summed E-state index contributed by atoms with van der Waals surface area (Å²) in [4.78, 5) is 19.1. The molecule has 0 spiro atoms. The normalized spacial score (nSPS) is 18.6. The summed E-state index contributed by atoms with van der Waals surface area (Å²) >= 11 is 0. The van der Waals surface area contributed by atoms with Gasteiger partial charge in [0.2, 0.25) is 0 Å². The second kappa shape index (κ2) is 4.20. The zero-order valence-electron chi connectivity index (χ0n) is 10.4. The fraction of sp³-hybridized carbons (Fsp3) is 0.583. The Morgan fingerprint density at radius 1 is 1.50 bits per heavy atom. The van der Waals surface area contributed by atoms with Crippen LogP contribution in [0.4, 0.5) is 0 Å². The quantitative estimate of drug-likeness (QED) is 0.835. The van der Waals surface area contributed by atoms with E-state index < -0.39 is 0 Å². The van der Waals surface area contributed by atoms with Crippen LogP contribution in [0.25, 0.3) is 11.0 Å². The second-order valence-electron chi connectivity index (χ2n) is 5.00. The highest BCUT2D eigenvalue weighted by Crippen LogP contribution is 2.30.